The van der Waals surface area contributed by atoms with E-state index in [2.05, 4.69) is 5.32 Å². The Balaban J connectivity index is 2.65. The molecule has 1 unspecified atom stereocenters. The van der Waals surface area contributed by atoms with Gasteiger partial charge >= 0.3 is 0 Å². The van der Waals surface area contributed by atoms with Crippen LogP contribution in [0.3, 0.4) is 0 Å². The van der Waals surface area contributed by atoms with Gasteiger partial charge in [-0.05, 0) is 37.4 Å². The van der Waals surface area contributed by atoms with Crippen LogP contribution in [0.1, 0.15) is 6.92 Å². The number of nitrogens with one attached hydrogen (secondary N) is 1. The maximum absolute atomic E-state index is 11.1. The highest BCUT2D eigenvalue weighted by atomic mass is 32.2. The fourth-order valence-electron chi connectivity index (χ4n) is 1.42. The molecule has 18 heavy (non-hydrogen) atoms. The average Bonchev–Trinajstić information content (AvgIpc) is 2.26. The number of sulfonamides is 1. The molecule has 0 aliphatic heterocycles. The molecule has 4 N–H and O–H groups in total. The van der Waals surface area contributed by atoms with Gasteiger partial charge in [0.15, 0.2) is 0 Å². The van der Waals surface area contributed by atoms with Crippen LogP contribution in [0.2, 0.25) is 0 Å². The molecule has 1 rings (SSSR count). The first kappa shape index (κ1) is 15.3. The SMILES string of the molecule is CSCC(C)(O)CNc1ccc(S(N)(=O)=O)cc1. The van der Waals surface area contributed by atoms with Crippen LogP contribution in [0.4, 0.5) is 5.69 Å². The van der Waals surface area contributed by atoms with Crippen LogP contribution in [0.25, 0.3) is 0 Å². The van der Waals surface area contributed by atoms with Gasteiger partial charge in [0.1, 0.15) is 0 Å². The van der Waals surface area contributed by atoms with E-state index in [4.69, 9.17) is 5.14 Å². The molecule has 0 aliphatic rings. The fraction of sp³-hybridized carbons (Fsp3) is 0.455. The molecule has 0 spiro atoms. The van der Waals surface area contributed by atoms with Crippen LogP contribution in [0.15, 0.2) is 29.2 Å². The molecule has 0 aromatic heterocycles. The third-order valence-electron chi connectivity index (χ3n) is 2.31. The molecule has 7 heteroatoms. The van der Waals surface area contributed by atoms with Crippen LogP contribution in [0, 0.1) is 0 Å². The van der Waals surface area contributed by atoms with Gasteiger partial charge in [-0.2, -0.15) is 11.8 Å². The zero-order chi connectivity index (χ0) is 13.8. The molecule has 0 fully saturated rings. The van der Waals surface area contributed by atoms with Gasteiger partial charge < -0.3 is 10.4 Å². The van der Waals surface area contributed by atoms with E-state index < -0.39 is 15.6 Å². The molecule has 1 atom stereocenters. The Labute approximate surface area is 112 Å². The number of thioether (sulfide) groups is 1. The number of hydrogen-bond donors (Lipinski definition) is 3. The number of rotatable bonds is 6. The summed E-state index contributed by atoms with van der Waals surface area (Å²) in [6.45, 7) is 2.14. The molecule has 0 aliphatic carbocycles. The average molecular weight is 290 g/mol. The standard InChI is InChI=1S/C11H18N2O3S2/c1-11(14,8-17-2)7-13-9-3-5-10(6-4-9)18(12,15)16/h3-6,13-14H,7-8H2,1-2H3,(H2,12,15,16). The smallest absolute Gasteiger partial charge is 0.238 e. The number of hydrogen-bond acceptors (Lipinski definition) is 5. The minimum absolute atomic E-state index is 0.0731. The van der Waals surface area contributed by atoms with Crippen molar-refractivity contribution in [1.29, 1.82) is 0 Å². The second-order valence-corrected chi connectivity index (χ2v) is 6.78. The van der Waals surface area contributed by atoms with E-state index in [0.717, 1.165) is 5.69 Å². The summed E-state index contributed by atoms with van der Waals surface area (Å²) in [5.74, 6) is 0.620. The summed E-state index contributed by atoms with van der Waals surface area (Å²) < 4.78 is 22.1. The van der Waals surface area contributed by atoms with Crippen molar-refractivity contribution in [3.8, 4) is 0 Å². The van der Waals surface area contributed by atoms with Crippen molar-refractivity contribution in [2.45, 2.75) is 17.4 Å². The van der Waals surface area contributed by atoms with Crippen molar-refractivity contribution < 1.29 is 13.5 Å². The Morgan fingerprint density at radius 2 is 1.94 bits per heavy atom. The maximum Gasteiger partial charge on any atom is 0.238 e. The Morgan fingerprint density at radius 1 is 1.39 bits per heavy atom. The number of anilines is 1. The summed E-state index contributed by atoms with van der Waals surface area (Å²) in [4.78, 5) is 0.0731. The predicted molar refractivity (Wildman–Crippen MR) is 75.3 cm³/mol. The first-order valence-electron chi connectivity index (χ1n) is 5.33. The zero-order valence-electron chi connectivity index (χ0n) is 10.4. The van der Waals surface area contributed by atoms with Gasteiger partial charge in [0.2, 0.25) is 10.0 Å². The van der Waals surface area contributed by atoms with E-state index in [1.807, 2.05) is 6.26 Å². The van der Waals surface area contributed by atoms with Crippen LogP contribution >= 0.6 is 11.8 Å². The molecule has 5 nitrogen and oxygen atoms in total. The quantitative estimate of drug-likeness (QED) is 0.722. The first-order chi connectivity index (χ1) is 8.24. The van der Waals surface area contributed by atoms with Crippen molar-refractivity contribution in [3.63, 3.8) is 0 Å². The third kappa shape index (κ3) is 4.85. The Morgan fingerprint density at radius 3 is 2.39 bits per heavy atom. The second kappa shape index (κ2) is 5.92. The Bertz CT molecular complexity index is 484. The van der Waals surface area contributed by atoms with Crippen LogP contribution in [-0.4, -0.2) is 37.7 Å². The molecule has 0 heterocycles. The summed E-state index contributed by atoms with van der Waals surface area (Å²) in [5, 5.41) is 18.0. The molecule has 102 valence electrons. The van der Waals surface area contributed by atoms with Gasteiger partial charge in [0.05, 0.1) is 10.5 Å². The van der Waals surface area contributed by atoms with Crippen LogP contribution in [-0.2, 0) is 10.0 Å². The topological polar surface area (TPSA) is 92.4 Å². The highest BCUT2D eigenvalue weighted by Gasteiger charge is 2.19. The van der Waals surface area contributed by atoms with Gasteiger partial charge in [-0.25, -0.2) is 13.6 Å². The summed E-state index contributed by atoms with van der Waals surface area (Å²) in [6, 6.07) is 6.10. The molecule has 0 saturated heterocycles. The number of benzene rings is 1. The van der Waals surface area contributed by atoms with Crippen molar-refractivity contribution in [2.24, 2.45) is 5.14 Å². The molecule has 0 amide bonds. The van der Waals surface area contributed by atoms with Crippen molar-refractivity contribution in [3.05, 3.63) is 24.3 Å². The predicted octanol–water partition coefficient (Wildman–Crippen LogP) is 0.860. The summed E-state index contributed by atoms with van der Waals surface area (Å²) in [7, 11) is -3.65. The van der Waals surface area contributed by atoms with E-state index in [-0.39, 0.29) is 4.90 Å². The summed E-state index contributed by atoms with van der Waals surface area (Å²) in [5.41, 5.74) is -0.0679. The van der Waals surface area contributed by atoms with Gasteiger partial charge in [-0.15, -0.1) is 0 Å². The zero-order valence-corrected chi connectivity index (χ0v) is 12.0. The van der Waals surface area contributed by atoms with Gasteiger partial charge in [0, 0.05) is 18.0 Å². The largest absolute Gasteiger partial charge is 0.387 e. The number of aliphatic hydroxyl groups is 1. The van der Waals surface area contributed by atoms with E-state index in [0.29, 0.717) is 12.3 Å². The molecular formula is C11H18N2O3S2. The van der Waals surface area contributed by atoms with Crippen LogP contribution < -0.4 is 10.5 Å². The van der Waals surface area contributed by atoms with E-state index >= 15 is 0 Å². The lowest BCUT2D eigenvalue weighted by atomic mass is 10.1. The highest BCUT2D eigenvalue weighted by molar-refractivity contribution is 7.98. The normalized spacial score (nSPS) is 15.1. The van der Waals surface area contributed by atoms with Gasteiger partial charge in [-0.1, -0.05) is 0 Å². The van der Waals surface area contributed by atoms with E-state index in [9.17, 15) is 13.5 Å². The fourth-order valence-corrected chi connectivity index (χ4v) is 2.66. The van der Waals surface area contributed by atoms with Gasteiger partial charge in [-0.3, -0.25) is 0 Å². The molecular weight excluding hydrogens is 272 g/mol. The second-order valence-electron chi connectivity index (χ2n) is 4.35. The highest BCUT2D eigenvalue weighted by Crippen LogP contribution is 2.15. The molecule has 0 radical (unpaired) electrons. The minimum Gasteiger partial charge on any atom is -0.387 e. The third-order valence-corrected chi connectivity index (χ3v) is 4.15. The van der Waals surface area contributed by atoms with Crippen molar-refractivity contribution >= 4 is 27.5 Å². The maximum atomic E-state index is 11.1. The number of nitrogens with two attached hydrogens (primary N) is 1. The molecule has 1 aromatic carbocycles. The summed E-state index contributed by atoms with van der Waals surface area (Å²) >= 11 is 1.56. The molecule has 0 bridgehead atoms. The number of primary sulfonamides is 1. The van der Waals surface area contributed by atoms with Crippen LogP contribution in [0.5, 0.6) is 0 Å². The monoisotopic (exact) mass is 290 g/mol. The summed E-state index contributed by atoms with van der Waals surface area (Å²) in [6.07, 6.45) is 1.93. The lowest BCUT2D eigenvalue weighted by molar-refractivity contribution is 0.0997. The van der Waals surface area contributed by atoms with E-state index in [1.54, 1.807) is 30.8 Å². The van der Waals surface area contributed by atoms with Crippen molar-refractivity contribution in [1.82, 2.24) is 0 Å². The lowest BCUT2D eigenvalue weighted by Gasteiger charge is -2.23. The van der Waals surface area contributed by atoms with E-state index in [1.165, 1.54) is 12.1 Å². The Hall–Kier alpha value is -0.760. The van der Waals surface area contributed by atoms with Crippen molar-refractivity contribution in [2.75, 3.05) is 23.9 Å². The molecule has 1 aromatic rings. The first-order valence-corrected chi connectivity index (χ1v) is 8.27. The lowest BCUT2D eigenvalue weighted by Crippen LogP contribution is -2.36. The minimum atomic E-state index is -3.65. The van der Waals surface area contributed by atoms with Gasteiger partial charge in [0.25, 0.3) is 0 Å². The molecule has 0 saturated carbocycles. The Kier molecular flexibility index (Phi) is 5.03.